The molecule has 1 fully saturated rings. The summed E-state index contributed by atoms with van der Waals surface area (Å²) < 4.78 is 19.6. The van der Waals surface area contributed by atoms with Crippen LogP contribution in [0.25, 0.3) is 0 Å². The first-order valence-electron chi connectivity index (χ1n) is 9.27. The third-order valence-corrected chi connectivity index (χ3v) is 4.66. The average Bonchev–Trinajstić information content (AvgIpc) is 2.77. The highest BCUT2D eigenvalue weighted by atomic mass is 19.1. The molecule has 30 heavy (non-hydrogen) atoms. The Bertz CT molecular complexity index is 952. The molecule has 1 saturated heterocycles. The Morgan fingerprint density at radius 1 is 1.20 bits per heavy atom. The van der Waals surface area contributed by atoms with E-state index in [1.807, 2.05) is 11.0 Å². The fourth-order valence-corrected chi connectivity index (χ4v) is 3.08. The first kappa shape index (κ1) is 21.0. The Balaban J connectivity index is 1.58. The van der Waals surface area contributed by atoms with E-state index in [9.17, 15) is 14.0 Å². The third kappa shape index (κ3) is 5.21. The molecule has 0 spiro atoms. The van der Waals surface area contributed by atoms with E-state index in [1.54, 1.807) is 17.0 Å². The van der Waals surface area contributed by atoms with Gasteiger partial charge in [0.05, 0.1) is 24.7 Å². The fourth-order valence-electron chi connectivity index (χ4n) is 3.08. The second-order valence-electron chi connectivity index (χ2n) is 6.63. The van der Waals surface area contributed by atoms with Gasteiger partial charge in [0.15, 0.2) is 5.82 Å². The molecule has 156 valence electrons. The van der Waals surface area contributed by atoms with Crippen LogP contribution in [0, 0.1) is 17.1 Å². The van der Waals surface area contributed by atoms with Crippen molar-refractivity contribution in [3.05, 3.63) is 53.6 Å². The van der Waals surface area contributed by atoms with Crippen LogP contribution in [0.4, 0.5) is 25.4 Å². The highest BCUT2D eigenvalue weighted by Gasteiger charge is 2.22. The molecule has 0 aliphatic carbocycles. The van der Waals surface area contributed by atoms with E-state index in [0.717, 1.165) is 0 Å². The zero-order valence-electron chi connectivity index (χ0n) is 16.4. The predicted octanol–water partition coefficient (Wildman–Crippen LogP) is 2.62. The summed E-state index contributed by atoms with van der Waals surface area (Å²) >= 11 is 0. The number of rotatable bonds is 4. The number of hydrogen-bond acceptors (Lipinski definition) is 6. The largest absolute Gasteiger partial charge is 0.453 e. The number of methoxy groups -OCH3 is 1. The molecule has 2 heterocycles. The van der Waals surface area contributed by atoms with Gasteiger partial charge in [-0.05, 0) is 18.2 Å². The molecule has 2 N–H and O–H groups in total. The molecule has 1 aromatic carbocycles. The monoisotopic (exact) mass is 412 g/mol. The quantitative estimate of drug-likeness (QED) is 0.799. The number of amides is 3. The minimum atomic E-state index is -0.621. The van der Waals surface area contributed by atoms with Crippen LogP contribution in [0.1, 0.15) is 11.3 Å². The maximum atomic E-state index is 14.9. The van der Waals surface area contributed by atoms with Gasteiger partial charge in [-0.25, -0.2) is 19.0 Å². The summed E-state index contributed by atoms with van der Waals surface area (Å²) in [4.78, 5) is 31.2. The molecule has 0 radical (unpaired) electrons. The van der Waals surface area contributed by atoms with Crippen LogP contribution in [0.5, 0.6) is 0 Å². The van der Waals surface area contributed by atoms with Gasteiger partial charge in [0, 0.05) is 38.3 Å². The number of nitriles is 1. The summed E-state index contributed by atoms with van der Waals surface area (Å²) in [7, 11) is 1.34. The second kappa shape index (κ2) is 9.67. The number of carbonyl (C=O) groups is 2. The molecule has 0 bridgehead atoms. The Morgan fingerprint density at radius 3 is 2.60 bits per heavy atom. The van der Waals surface area contributed by atoms with Gasteiger partial charge in [0.2, 0.25) is 0 Å². The molecule has 1 aliphatic heterocycles. The molecule has 9 nitrogen and oxygen atoms in total. The fraction of sp³-hybridized carbons (Fsp3) is 0.300. The lowest BCUT2D eigenvalue weighted by atomic mass is 10.1. The highest BCUT2D eigenvalue weighted by Crippen LogP contribution is 2.21. The first-order valence-corrected chi connectivity index (χ1v) is 9.27. The summed E-state index contributed by atoms with van der Waals surface area (Å²) in [5, 5.41) is 13.8. The number of carbonyl (C=O) groups excluding carboxylic acids is 2. The van der Waals surface area contributed by atoms with Crippen LogP contribution >= 0.6 is 0 Å². The van der Waals surface area contributed by atoms with Crippen LogP contribution in [0.2, 0.25) is 0 Å². The highest BCUT2D eigenvalue weighted by molar-refractivity contribution is 5.99. The minimum absolute atomic E-state index is 0.0554. The standard InChI is InChI=1S/C20H21FN6O3/c1-30-20(29)27-9-7-26(8-10-27)13-14-3-2-4-17(18(14)21)25-19(28)24-16-6-5-15(11-22)23-12-16/h2-6,12H,7-10,13H2,1H3,(H2,24,25,28). The predicted molar refractivity (Wildman–Crippen MR) is 107 cm³/mol. The minimum Gasteiger partial charge on any atom is -0.453 e. The second-order valence-corrected chi connectivity index (χ2v) is 6.63. The van der Waals surface area contributed by atoms with Gasteiger partial charge in [-0.3, -0.25) is 4.90 Å². The van der Waals surface area contributed by atoms with Crippen LogP contribution in [0.3, 0.4) is 0 Å². The third-order valence-electron chi connectivity index (χ3n) is 4.66. The number of benzene rings is 1. The smallest absolute Gasteiger partial charge is 0.409 e. The van der Waals surface area contributed by atoms with Gasteiger partial charge in [-0.1, -0.05) is 12.1 Å². The van der Waals surface area contributed by atoms with Gasteiger partial charge in [0.25, 0.3) is 0 Å². The molecule has 0 saturated carbocycles. The Hall–Kier alpha value is -3.71. The molecule has 2 aromatic rings. The SMILES string of the molecule is COC(=O)N1CCN(Cc2cccc(NC(=O)Nc3ccc(C#N)nc3)c2F)CC1. The van der Waals surface area contributed by atoms with Crippen LogP contribution in [-0.2, 0) is 11.3 Å². The van der Waals surface area contributed by atoms with Crippen molar-refractivity contribution in [2.45, 2.75) is 6.54 Å². The maximum Gasteiger partial charge on any atom is 0.409 e. The Labute approximate surface area is 173 Å². The normalized spacial score (nSPS) is 14.0. The summed E-state index contributed by atoms with van der Waals surface area (Å²) in [6, 6.07) is 9.08. The molecule has 0 atom stereocenters. The van der Waals surface area contributed by atoms with Crippen molar-refractivity contribution in [1.82, 2.24) is 14.8 Å². The first-order chi connectivity index (χ1) is 14.5. The topological polar surface area (TPSA) is 111 Å². The summed E-state index contributed by atoms with van der Waals surface area (Å²) in [6.07, 6.45) is 0.981. The van der Waals surface area contributed by atoms with E-state index in [4.69, 9.17) is 10.00 Å². The zero-order chi connectivity index (χ0) is 21.5. The number of ether oxygens (including phenoxy) is 1. The van der Waals surface area contributed by atoms with Gasteiger partial charge >= 0.3 is 12.1 Å². The van der Waals surface area contributed by atoms with E-state index in [2.05, 4.69) is 15.6 Å². The van der Waals surface area contributed by atoms with Crippen molar-refractivity contribution in [3.63, 3.8) is 0 Å². The van der Waals surface area contributed by atoms with E-state index >= 15 is 0 Å². The molecule has 1 aliphatic rings. The van der Waals surface area contributed by atoms with E-state index in [1.165, 1.54) is 31.5 Å². The molecule has 3 amide bonds. The zero-order valence-corrected chi connectivity index (χ0v) is 16.4. The molecule has 0 unspecified atom stereocenters. The van der Waals surface area contributed by atoms with E-state index < -0.39 is 11.8 Å². The molecule has 1 aromatic heterocycles. The van der Waals surface area contributed by atoms with Crippen molar-refractivity contribution in [2.75, 3.05) is 43.9 Å². The van der Waals surface area contributed by atoms with Crippen LogP contribution < -0.4 is 10.6 Å². The number of halogens is 1. The maximum absolute atomic E-state index is 14.9. The Kier molecular flexibility index (Phi) is 6.77. The molecular formula is C20H21FN6O3. The van der Waals surface area contributed by atoms with Crippen molar-refractivity contribution < 1.29 is 18.7 Å². The summed E-state index contributed by atoms with van der Waals surface area (Å²) in [5.74, 6) is -0.513. The van der Waals surface area contributed by atoms with Crippen molar-refractivity contribution in [2.24, 2.45) is 0 Å². The lowest BCUT2D eigenvalue weighted by molar-refractivity contribution is 0.0885. The van der Waals surface area contributed by atoms with Gasteiger partial charge in [0.1, 0.15) is 11.8 Å². The van der Waals surface area contributed by atoms with Crippen molar-refractivity contribution >= 4 is 23.5 Å². The van der Waals surface area contributed by atoms with Crippen molar-refractivity contribution in [1.29, 1.82) is 5.26 Å². The summed E-state index contributed by atoms with van der Waals surface area (Å²) in [5.41, 5.74) is 1.11. The number of pyridine rings is 1. The van der Waals surface area contributed by atoms with Gasteiger partial charge in [-0.2, -0.15) is 5.26 Å². The molecule has 10 heteroatoms. The van der Waals surface area contributed by atoms with E-state index in [0.29, 0.717) is 44.0 Å². The number of urea groups is 1. The van der Waals surface area contributed by atoms with E-state index in [-0.39, 0.29) is 17.5 Å². The summed E-state index contributed by atoms with van der Waals surface area (Å²) in [6.45, 7) is 2.56. The number of hydrogen-bond donors (Lipinski definition) is 2. The number of nitrogens with zero attached hydrogens (tertiary/aromatic N) is 4. The van der Waals surface area contributed by atoms with Gasteiger partial charge in [-0.15, -0.1) is 0 Å². The lowest BCUT2D eigenvalue weighted by Crippen LogP contribution is -2.48. The van der Waals surface area contributed by atoms with Gasteiger partial charge < -0.3 is 20.3 Å². The molecule has 3 rings (SSSR count). The van der Waals surface area contributed by atoms with Crippen LogP contribution in [0.15, 0.2) is 36.5 Å². The number of piperazine rings is 1. The van der Waals surface area contributed by atoms with Crippen LogP contribution in [-0.4, -0.2) is 60.2 Å². The number of aromatic nitrogens is 1. The number of anilines is 2. The van der Waals surface area contributed by atoms with Crippen molar-refractivity contribution in [3.8, 4) is 6.07 Å². The average molecular weight is 412 g/mol. The molecular weight excluding hydrogens is 391 g/mol. The lowest BCUT2D eigenvalue weighted by Gasteiger charge is -2.33. The number of nitrogens with one attached hydrogen (secondary N) is 2. The Morgan fingerprint density at radius 2 is 1.97 bits per heavy atom.